The van der Waals surface area contributed by atoms with Crippen LogP contribution in [0.3, 0.4) is 0 Å². The molecule has 3 aromatic rings. The second-order valence-corrected chi connectivity index (χ2v) is 17.9. The van der Waals surface area contributed by atoms with Gasteiger partial charge in [-0.2, -0.15) is 0 Å². The standard InChI is InChI=1S/C41H61N7O9S/c1-9-32-41(7)35(48(39(52)57-41)17-13-12-16-47-22-29(45-46-47)36-44-28-14-10-11-15-31(28)58-36)26(5)43-21-23(2)20-40(6,53-8)33(19-30(49)25(4)37(51)55-32)56-38-34(50)27(42)18-24(3)54-38/h10-11,14-15,22-27,32-35,38,43,50H,9,12-13,16-21,42H2,1-8H3/t23-,24-,25-,26-,27?,32-,33-,34?,35-,38+,40-,41-/m1/s1. The van der Waals surface area contributed by atoms with Crippen LogP contribution >= 0.6 is 11.3 Å². The molecular weight excluding hydrogens is 767 g/mol. The lowest BCUT2D eigenvalue weighted by Gasteiger charge is -2.43. The molecule has 6 rings (SSSR count). The third kappa shape index (κ3) is 9.40. The van der Waals surface area contributed by atoms with Gasteiger partial charge in [-0.25, -0.2) is 9.78 Å². The number of benzene rings is 1. The fourth-order valence-electron chi connectivity index (χ4n) is 8.75. The maximum Gasteiger partial charge on any atom is 0.410 e. The summed E-state index contributed by atoms with van der Waals surface area (Å²) >= 11 is 1.57. The molecule has 0 radical (unpaired) electrons. The van der Waals surface area contributed by atoms with Crippen molar-refractivity contribution in [1.82, 2.24) is 30.2 Å². The highest BCUT2D eigenvalue weighted by molar-refractivity contribution is 7.21. The number of thiazole rings is 1. The summed E-state index contributed by atoms with van der Waals surface area (Å²) in [6, 6.07) is 6.58. The van der Waals surface area contributed by atoms with Crippen LogP contribution in [0, 0.1) is 11.8 Å². The molecule has 5 heterocycles. The van der Waals surface area contributed by atoms with E-state index in [0.717, 1.165) is 15.2 Å². The van der Waals surface area contributed by atoms with Gasteiger partial charge >= 0.3 is 12.1 Å². The molecule has 1 amide bonds. The first-order chi connectivity index (χ1) is 27.6. The van der Waals surface area contributed by atoms with Gasteiger partial charge in [0.2, 0.25) is 0 Å². The molecule has 0 saturated carbocycles. The number of aryl methyl sites for hydroxylation is 1. The van der Waals surface area contributed by atoms with Gasteiger partial charge in [-0.05, 0) is 91.3 Å². The lowest BCUT2D eigenvalue weighted by Crippen LogP contribution is -2.61. The summed E-state index contributed by atoms with van der Waals surface area (Å²) in [5.74, 6) is -2.32. The molecule has 320 valence electrons. The molecule has 12 atom stereocenters. The van der Waals surface area contributed by atoms with Crippen molar-refractivity contribution in [2.24, 2.45) is 17.6 Å². The van der Waals surface area contributed by atoms with Crippen molar-refractivity contribution in [2.45, 2.75) is 154 Å². The highest BCUT2D eigenvalue weighted by Gasteiger charge is 2.58. The highest BCUT2D eigenvalue weighted by atomic mass is 32.1. The number of amides is 1. The Balaban J connectivity index is 1.18. The molecular formula is C41H61N7O9S. The Morgan fingerprint density at radius 1 is 1.10 bits per heavy atom. The van der Waals surface area contributed by atoms with Crippen molar-refractivity contribution in [3.63, 3.8) is 0 Å². The van der Waals surface area contributed by atoms with Crippen LogP contribution in [0.4, 0.5) is 4.79 Å². The zero-order valence-corrected chi connectivity index (χ0v) is 35.8. The molecule has 2 unspecified atom stereocenters. The molecule has 1 aromatic carbocycles. The number of hydrogen-bond acceptors (Lipinski definition) is 15. The fraction of sp³-hybridized carbons (Fsp3) is 0.707. The Hall–Kier alpha value is -3.58. The molecule has 0 bridgehead atoms. The van der Waals surface area contributed by atoms with E-state index in [1.807, 2.05) is 65.1 Å². The number of aliphatic hydroxyl groups is 1. The van der Waals surface area contributed by atoms with Gasteiger partial charge < -0.3 is 39.8 Å². The number of carbonyl (C=O) groups is 3. The van der Waals surface area contributed by atoms with E-state index in [1.165, 1.54) is 6.92 Å². The van der Waals surface area contributed by atoms with Gasteiger partial charge in [0, 0.05) is 38.7 Å². The molecule has 58 heavy (non-hydrogen) atoms. The monoisotopic (exact) mass is 827 g/mol. The number of nitrogens with zero attached hydrogens (tertiary/aromatic N) is 5. The van der Waals surface area contributed by atoms with Gasteiger partial charge in [-0.15, -0.1) is 16.4 Å². The Morgan fingerprint density at radius 3 is 2.57 bits per heavy atom. The molecule has 3 aliphatic heterocycles. The maximum atomic E-state index is 13.9. The molecule has 3 fully saturated rings. The van der Waals surface area contributed by atoms with E-state index in [0.29, 0.717) is 57.4 Å². The minimum Gasteiger partial charge on any atom is -0.458 e. The molecule has 4 N–H and O–H groups in total. The number of rotatable bonds is 10. The fourth-order valence-corrected chi connectivity index (χ4v) is 9.66. The van der Waals surface area contributed by atoms with E-state index in [2.05, 4.69) is 22.6 Å². The highest BCUT2D eigenvalue weighted by Crippen LogP contribution is 2.39. The van der Waals surface area contributed by atoms with Gasteiger partial charge in [0.1, 0.15) is 34.6 Å². The number of fused-ring (bicyclic) bond motifs is 2. The van der Waals surface area contributed by atoms with Gasteiger partial charge in [-0.3, -0.25) is 19.2 Å². The predicted molar refractivity (Wildman–Crippen MR) is 217 cm³/mol. The Labute approximate surface area is 344 Å². The third-order valence-corrected chi connectivity index (χ3v) is 13.3. The number of hydrogen-bond donors (Lipinski definition) is 3. The Morgan fingerprint density at radius 2 is 1.84 bits per heavy atom. The van der Waals surface area contributed by atoms with Crippen LogP contribution in [-0.4, -0.2) is 128 Å². The first-order valence-electron chi connectivity index (χ1n) is 20.6. The van der Waals surface area contributed by atoms with Crippen molar-refractivity contribution in [3.05, 3.63) is 30.5 Å². The van der Waals surface area contributed by atoms with E-state index in [1.54, 1.807) is 28.0 Å². The summed E-state index contributed by atoms with van der Waals surface area (Å²) in [4.78, 5) is 48.0. The van der Waals surface area contributed by atoms with Gasteiger partial charge in [0.25, 0.3) is 0 Å². The minimum absolute atomic E-state index is 0.0116. The van der Waals surface area contributed by atoms with Crippen LogP contribution in [0.5, 0.6) is 0 Å². The van der Waals surface area contributed by atoms with E-state index in [-0.39, 0.29) is 24.5 Å². The number of aliphatic hydroxyl groups excluding tert-OH is 1. The van der Waals surface area contributed by atoms with E-state index >= 15 is 0 Å². The number of cyclic esters (lactones) is 1. The van der Waals surface area contributed by atoms with Crippen molar-refractivity contribution in [2.75, 3.05) is 20.2 Å². The molecule has 16 nitrogen and oxygen atoms in total. The van der Waals surface area contributed by atoms with Crippen LogP contribution in [0.1, 0.15) is 87.0 Å². The number of esters is 1. The second-order valence-electron chi connectivity index (χ2n) is 16.8. The second kappa shape index (κ2) is 18.4. The smallest absolute Gasteiger partial charge is 0.410 e. The van der Waals surface area contributed by atoms with E-state index in [9.17, 15) is 19.5 Å². The quantitative estimate of drug-likeness (QED) is 0.147. The minimum atomic E-state index is -1.23. The van der Waals surface area contributed by atoms with Crippen molar-refractivity contribution < 1.29 is 43.2 Å². The number of ketones is 1. The third-order valence-electron chi connectivity index (χ3n) is 12.2. The van der Waals surface area contributed by atoms with Gasteiger partial charge in [0.05, 0.1) is 40.3 Å². The number of carbonyl (C=O) groups excluding carboxylic acids is 3. The van der Waals surface area contributed by atoms with Crippen LogP contribution in [-0.2, 0) is 39.8 Å². The Bertz CT molecular complexity index is 1860. The average Bonchev–Trinajstić information content (AvgIpc) is 3.91. The van der Waals surface area contributed by atoms with Gasteiger partial charge in [-0.1, -0.05) is 31.2 Å². The number of Topliss-reactive ketones (excluding diaryl/α,β-unsaturated/α-hetero) is 1. The first kappa shape index (κ1) is 44.0. The number of methoxy groups -OCH3 is 1. The van der Waals surface area contributed by atoms with Crippen LogP contribution in [0.2, 0.25) is 0 Å². The van der Waals surface area contributed by atoms with Crippen LogP contribution in [0.15, 0.2) is 30.5 Å². The lowest BCUT2D eigenvalue weighted by atomic mass is 9.83. The number of para-hydroxylation sites is 1. The Kier molecular flexibility index (Phi) is 13.9. The summed E-state index contributed by atoms with van der Waals surface area (Å²) in [6.45, 7) is 14.5. The molecule has 17 heteroatoms. The predicted octanol–water partition coefficient (Wildman–Crippen LogP) is 4.46. The summed E-state index contributed by atoms with van der Waals surface area (Å²) in [7, 11) is 1.56. The van der Waals surface area contributed by atoms with Crippen molar-refractivity contribution in [1.29, 1.82) is 0 Å². The van der Waals surface area contributed by atoms with Gasteiger partial charge in [0.15, 0.2) is 11.9 Å². The van der Waals surface area contributed by atoms with E-state index < -0.39 is 71.7 Å². The summed E-state index contributed by atoms with van der Waals surface area (Å²) in [5.41, 5.74) is 5.60. The molecule has 3 aliphatic rings. The SMILES string of the molecule is CC[C@H]1OC(=O)[C@H](C)C(=O)C[C@@H](O[C@@H]2O[C@H](C)CC(N)C2O)[C@](C)(OC)C[C@@H](C)CN[C@H](C)[C@H]2N(CCCCn3cc(-c4nc5ccccc5s4)nn3)C(=O)O[C@]12C. The van der Waals surface area contributed by atoms with E-state index in [4.69, 9.17) is 34.4 Å². The van der Waals surface area contributed by atoms with Crippen molar-refractivity contribution >= 4 is 39.4 Å². The lowest BCUT2D eigenvalue weighted by molar-refractivity contribution is -0.282. The van der Waals surface area contributed by atoms with Crippen molar-refractivity contribution in [3.8, 4) is 10.7 Å². The first-order valence-corrected chi connectivity index (χ1v) is 21.4. The topological polar surface area (TPSA) is 202 Å². The number of ether oxygens (including phenoxy) is 5. The average molecular weight is 828 g/mol. The van der Waals surface area contributed by atoms with Crippen LogP contribution < -0.4 is 11.1 Å². The maximum absolute atomic E-state index is 13.9. The summed E-state index contributed by atoms with van der Waals surface area (Å²) in [6.07, 6.45) is -0.398. The van der Waals surface area contributed by atoms with Crippen LogP contribution in [0.25, 0.3) is 20.9 Å². The zero-order chi connectivity index (χ0) is 41.9. The number of nitrogens with two attached hydrogens (primary N) is 1. The molecule has 0 spiro atoms. The number of aromatic nitrogens is 4. The summed E-state index contributed by atoms with van der Waals surface area (Å²) < 4.78 is 33.7. The summed E-state index contributed by atoms with van der Waals surface area (Å²) in [5, 5.41) is 24.1. The molecule has 0 aliphatic carbocycles. The zero-order valence-electron chi connectivity index (χ0n) is 35.0. The largest absolute Gasteiger partial charge is 0.458 e. The number of unbranched alkanes of at least 4 members (excludes halogenated alkanes) is 1. The normalized spacial score (nSPS) is 35.6. The molecule has 3 saturated heterocycles. The number of nitrogens with one attached hydrogen (secondary N) is 1. The molecule has 2 aromatic heterocycles.